The van der Waals surface area contributed by atoms with Crippen LogP contribution in [0, 0.1) is 23.7 Å². The van der Waals surface area contributed by atoms with Crippen molar-refractivity contribution in [1.82, 2.24) is 0 Å². The highest BCUT2D eigenvalue weighted by atomic mass is 14.6. The fourth-order valence-electron chi connectivity index (χ4n) is 7.85. The van der Waals surface area contributed by atoms with Crippen molar-refractivity contribution in [1.29, 1.82) is 0 Å². The van der Waals surface area contributed by atoms with Crippen LogP contribution in [0.1, 0.15) is 113 Å². The van der Waals surface area contributed by atoms with Crippen LogP contribution < -0.4 is 11.5 Å². The van der Waals surface area contributed by atoms with Crippen LogP contribution >= 0.6 is 0 Å². The van der Waals surface area contributed by atoms with Crippen molar-refractivity contribution in [3.05, 3.63) is 23.3 Å². The van der Waals surface area contributed by atoms with Crippen LogP contribution in [0.15, 0.2) is 12.1 Å². The lowest BCUT2D eigenvalue weighted by molar-refractivity contribution is 0.149. The Morgan fingerprint density at radius 1 is 0.500 bits per heavy atom. The number of hydrogen-bond donors (Lipinski definition) is 2. The van der Waals surface area contributed by atoms with E-state index in [1.54, 1.807) is 0 Å². The number of nitrogen functional groups attached to an aromatic ring is 2. The Hall–Kier alpha value is -1.18. The van der Waals surface area contributed by atoms with Crippen LogP contribution in [-0.2, 0) is 0 Å². The standard InChI is InChI=1S/C26H40N2/c27-23-13-14-24(28)26(22-12-10-18-6-2-4-8-20(18)16-22)25(23)21-11-9-17-5-1-3-7-19(17)15-21/h13-14,17-22H,1-12,15-16,27-28H2. The molecule has 0 aromatic heterocycles. The SMILES string of the molecule is Nc1ccc(N)c(C2CCC3CCCCC3C2)c1C1CCC2CCCCC2C1. The smallest absolute Gasteiger partial charge is 0.0353 e. The highest BCUT2D eigenvalue weighted by Crippen LogP contribution is 2.53. The summed E-state index contributed by atoms with van der Waals surface area (Å²) in [4.78, 5) is 0. The summed E-state index contributed by atoms with van der Waals surface area (Å²) < 4.78 is 0. The molecule has 0 aliphatic heterocycles. The first-order chi connectivity index (χ1) is 13.7. The summed E-state index contributed by atoms with van der Waals surface area (Å²) >= 11 is 0. The molecule has 0 radical (unpaired) electrons. The van der Waals surface area contributed by atoms with Crippen molar-refractivity contribution in [2.75, 3.05) is 11.5 Å². The third-order valence-electron chi connectivity index (χ3n) is 9.25. The molecule has 0 bridgehead atoms. The maximum absolute atomic E-state index is 6.67. The van der Waals surface area contributed by atoms with Crippen molar-refractivity contribution >= 4 is 11.4 Å². The fourth-order valence-corrected chi connectivity index (χ4v) is 7.85. The molecule has 4 aliphatic rings. The molecule has 4 saturated carbocycles. The average molecular weight is 381 g/mol. The van der Waals surface area contributed by atoms with Crippen molar-refractivity contribution in [2.45, 2.75) is 102 Å². The van der Waals surface area contributed by atoms with Gasteiger partial charge in [-0.05, 0) is 97.3 Å². The van der Waals surface area contributed by atoms with Gasteiger partial charge >= 0.3 is 0 Å². The second-order valence-electron chi connectivity index (χ2n) is 10.7. The van der Waals surface area contributed by atoms with Crippen molar-refractivity contribution in [3.63, 3.8) is 0 Å². The number of rotatable bonds is 2. The van der Waals surface area contributed by atoms with Gasteiger partial charge in [-0.15, -0.1) is 0 Å². The van der Waals surface area contributed by atoms with E-state index in [4.69, 9.17) is 11.5 Å². The number of hydrogen-bond acceptors (Lipinski definition) is 2. The summed E-state index contributed by atoms with van der Waals surface area (Å²) in [6.07, 6.45) is 19.9. The van der Waals surface area contributed by atoms with Gasteiger partial charge in [0.05, 0.1) is 0 Å². The van der Waals surface area contributed by atoms with Gasteiger partial charge in [0.2, 0.25) is 0 Å². The lowest BCUT2D eigenvalue weighted by Gasteiger charge is -2.43. The summed E-state index contributed by atoms with van der Waals surface area (Å²) in [5, 5.41) is 0. The van der Waals surface area contributed by atoms with E-state index in [1.165, 1.54) is 101 Å². The maximum atomic E-state index is 6.67. The van der Waals surface area contributed by atoms with Gasteiger partial charge in [-0.25, -0.2) is 0 Å². The minimum atomic E-state index is 0.655. The number of anilines is 2. The molecule has 1 aromatic rings. The minimum absolute atomic E-state index is 0.655. The predicted molar refractivity (Wildman–Crippen MR) is 119 cm³/mol. The molecule has 0 amide bonds. The molecule has 28 heavy (non-hydrogen) atoms. The van der Waals surface area contributed by atoms with Crippen molar-refractivity contribution in [3.8, 4) is 0 Å². The van der Waals surface area contributed by atoms with Crippen molar-refractivity contribution < 1.29 is 0 Å². The fraction of sp³-hybridized carbons (Fsp3) is 0.769. The Labute approximate surface area is 171 Å². The van der Waals surface area contributed by atoms with E-state index < -0.39 is 0 Å². The van der Waals surface area contributed by atoms with Gasteiger partial charge in [-0.1, -0.05) is 51.4 Å². The van der Waals surface area contributed by atoms with Gasteiger partial charge in [-0.3, -0.25) is 0 Å². The first-order valence-electron chi connectivity index (χ1n) is 12.4. The monoisotopic (exact) mass is 380 g/mol. The number of nitrogens with two attached hydrogens (primary N) is 2. The molecule has 0 heterocycles. The molecule has 1 aromatic carbocycles. The molecule has 0 saturated heterocycles. The first kappa shape index (κ1) is 18.8. The summed E-state index contributed by atoms with van der Waals surface area (Å²) in [6, 6.07) is 4.21. The quantitative estimate of drug-likeness (QED) is 0.543. The summed E-state index contributed by atoms with van der Waals surface area (Å²) in [5.41, 5.74) is 18.4. The molecule has 154 valence electrons. The van der Waals surface area contributed by atoms with E-state index in [9.17, 15) is 0 Å². The van der Waals surface area contributed by atoms with Crippen LogP contribution in [0.3, 0.4) is 0 Å². The number of fused-ring (bicyclic) bond motifs is 2. The van der Waals surface area contributed by atoms with Crippen LogP contribution in [-0.4, -0.2) is 0 Å². The minimum Gasteiger partial charge on any atom is -0.398 e. The maximum Gasteiger partial charge on any atom is 0.0353 e. The molecule has 4 N–H and O–H groups in total. The van der Waals surface area contributed by atoms with E-state index in [2.05, 4.69) is 12.1 Å². The molecule has 6 atom stereocenters. The zero-order chi connectivity index (χ0) is 19.1. The van der Waals surface area contributed by atoms with Gasteiger partial charge in [-0.2, -0.15) is 0 Å². The van der Waals surface area contributed by atoms with Crippen LogP contribution in [0.4, 0.5) is 11.4 Å². The van der Waals surface area contributed by atoms with Gasteiger partial charge < -0.3 is 11.5 Å². The third-order valence-corrected chi connectivity index (χ3v) is 9.25. The zero-order valence-corrected chi connectivity index (χ0v) is 17.7. The summed E-state index contributed by atoms with van der Waals surface area (Å²) in [7, 11) is 0. The lowest BCUT2D eigenvalue weighted by Crippen LogP contribution is -2.30. The van der Waals surface area contributed by atoms with Crippen LogP contribution in [0.5, 0.6) is 0 Å². The Kier molecular flexibility index (Phi) is 5.32. The topological polar surface area (TPSA) is 52.0 Å². The molecule has 5 rings (SSSR count). The molecule has 0 spiro atoms. The highest BCUT2D eigenvalue weighted by molar-refractivity contribution is 5.64. The van der Waals surface area contributed by atoms with Crippen molar-refractivity contribution in [2.24, 2.45) is 23.7 Å². The first-order valence-corrected chi connectivity index (χ1v) is 12.4. The molecule has 2 nitrogen and oxygen atoms in total. The molecule has 6 unspecified atom stereocenters. The van der Waals surface area contributed by atoms with Crippen LogP contribution in [0.2, 0.25) is 0 Å². The second-order valence-corrected chi connectivity index (χ2v) is 10.7. The largest absolute Gasteiger partial charge is 0.398 e. The van der Waals surface area contributed by atoms with Gasteiger partial charge in [0.25, 0.3) is 0 Å². The van der Waals surface area contributed by atoms with Gasteiger partial charge in [0.15, 0.2) is 0 Å². The Balaban J connectivity index is 1.43. The number of benzene rings is 1. The van der Waals surface area contributed by atoms with E-state index in [1.807, 2.05) is 0 Å². The van der Waals surface area contributed by atoms with Gasteiger partial charge in [0.1, 0.15) is 0 Å². The predicted octanol–water partition coefficient (Wildman–Crippen LogP) is 7.00. The molecule has 4 fully saturated rings. The van der Waals surface area contributed by atoms with E-state index in [0.717, 1.165) is 35.0 Å². The lowest BCUT2D eigenvalue weighted by atomic mass is 9.62. The van der Waals surface area contributed by atoms with Crippen LogP contribution in [0.25, 0.3) is 0 Å². The highest BCUT2D eigenvalue weighted by Gasteiger charge is 2.38. The average Bonchev–Trinajstić information content (AvgIpc) is 2.74. The second kappa shape index (κ2) is 7.92. The summed E-state index contributed by atoms with van der Waals surface area (Å²) in [6.45, 7) is 0. The third kappa shape index (κ3) is 3.46. The zero-order valence-electron chi connectivity index (χ0n) is 17.7. The molecule has 2 heteroatoms. The van der Waals surface area contributed by atoms with E-state index in [-0.39, 0.29) is 0 Å². The Morgan fingerprint density at radius 2 is 0.893 bits per heavy atom. The van der Waals surface area contributed by atoms with E-state index in [0.29, 0.717) is 11.8 Å². The molecular weight excluding hydrogens is 340 g/mol. The van der Waals surface area contributed by atoms with Gasteiger partial charge in [0, 0.05) is 11.4 Å². The Morgan fingerprint density at radius 3 is 1.32 bits per heavy atom. The molecular formula is C26H40N2. The van der Waals surface area contributed by atoms with E-state index >= 15 is 0 Å². The normalized spacial score (nSPS) is 38.4. The molecule has 4 aliphatic carbocycles. The summed E-state index contributed by atoms with van der Waals surface area (Å²) in [5.74, 6) is 5.18. The Bertz CT molecular complexity index is 637.